The highest BCUT2D eigenvalue weighted by atomic mass is 35.5. The summed E-state index contributed by atoms with van der Waals surface area (Å²) >= 11 is 6.39. The van der Waals surface area contributed by atoms with E-state index in [0.717, 1.165) is 18.4 Å². The lowest BCUT2D eigenvalue weighted by Crippen LogP contribution is -2.52. The topological polar surface area (TPSA) is 70.1 Å². The fourth-order valence-electron chi connectivity index (χ4n) is 4.40. The largest absolute Gasteiger partial charge is 0.514 e. The van der Waals surface area contributed by atoms with Crippen LogP contribution in [-0.2, 0) is 18.8 Å². The van der Waals surface area contributed by atoms with Crippen molar-refractivity contribution in [2.75, 3.05) is 6.61 Å². The van der Waals surface area contributed by atoms with Gasteiger partial charge in [-0.05, 0) is 79.0 Å². The zero-order valence-corrected chi connectivity index (χ0v) is 20.2. The molecule has 0 aromatic carbocycles. The first-order chi connectivity index (χ1) is 14.3. The smallest absolute Gasteiger partial charge is 0.444 e. The van der Waals surface area contributed by atoms with E-state index in [9.17, 15) is 4.79 Å². The summed E-state index contributed by atoms with van der Waals surface area (Å²) in [6.07, 6.45) is 1.14. The number of nitrogens with zero attached hydrogens (tertiary/aromatic N) is 2. The molecule has 3 atom stereocenters. The quantitative estimate of drug-likeness (QED) is 0.503. The highest BCUT2D eigenvalue weighted by molar-refractivity contribution is 6.61. The van der Waals surface area contributed by atoms with Crippen LogP contribution < -0.4 is 5.59 Å². The Morgan fingerprint density at radius 2 is 1.84 bits per heavy atom. The molecule has 1 amide bonds. The van der Waals surface area contributed by atoms with Crippen LogP contribution in [0.5, 0.6) is 0 Å². The zero-order chi connectivity index (χ0) is 22.8. The number of pyridine rings is 1. The number of carbonyl (C=O) groups is 1. The van der Waals surface area contributed by atoms with E-state index in [-0.39, 0.29) is 24.3 Å². The molecule has 4 rings (SSSR count). The van der Waals surface area contributed by atoms with Crippen LogP contribution >= 0.6 is 11.6 Å². The Kier molecular flexibility index (Phi) is 5.61. The summed E-state index contributed by atoms with van der Waals surface area (Å²) in [6, 6.07) is 3.64. The van der Waals surface area contributed by atoms with Crippen LogP contribution in [0.25, 0.3) is 0 Å². The molecule has 3 aliphatic heterocycles. The van der Waals surface area contributed by atoms with Gasteiger partial charge in [-0.1, -0.05) is 11.6 Å². The molecule has 9 heteroatoms. The number of rotatable bonds is 2. The molecule has 0 aliphatic carbocycles. The summed E-state index contributed by atoms with van der Waals surface area (Å²) in [7, 11) is -0.621. The summed E-state index contributed by atoms with van der Waals surface area (Å²) in [4.78, 5) is 19.2. The molecule has 3 saturated heterocycles. The number of ether oxygens (including phenoxy) is 2. The molecule has 7 nitrogen and oxygen atoms in total. The SMILES string of the molecule is CC(C)(C)OC(=O)N1C2CCC1C(c1cc(Cl)nc(B3OC(C)(C)C(C)(C)O3)c1)OC2. The minimum Gasteiger partial charge on any atom is -0.444 e. The van der Waals surface area contributed by atoms with Crippen molar-refractivity contribution in [2.24, 2.45) is 0 Å². The van der Waals surface area contributed by atoms with Crippen LogP contribution in [0.15, 0.2) is 12.1 Å². The lowest BCUT2D eigenvalue weighted by atomic mass is 9.82. The van der Waals surface area contributed by atoms with Gasteiger partial charge in [0.2, 0.25) is 0 Å². The van der Waals surface area contributed by atoms with Crippen molar-refractivity contribution in [3.05, 3.63) is 22.8 Å². The molecule has 170 valence electrons. The number of hydrogen-bond donors (Lipinski definition) is 0. The van der Waals surface area contributed by atoms with E-state index < -0.39 is 23.9 Å². The van der Waals surface area contributed by atoms with E-state index in [2.05, 4.69) is 4.98 Å². The van der Waals surface area contributed by atoms with Gasteiger partial charge in [-0.2, -0.15) is 0 Å². The number of aromatic nitrogens is 1. The Labute approximate surface area is 189 Å². The second-order valence-electron chi connectivity index (χ2n) is 10.7. The van der Waals surface area contributed by atoms with E-state index in [1.54, 1.807) is 6.07 Å². The van der Waals surface area contributed by atoms with Crippen LogP contribution in [-0.4, -0.2) is 58.6 Å². The molecule has 0 spiro atoms. The van der Waals surface area contributed by atoms with Gasteiger partial charge in [-0.3, -0.25) is 4.90 Å². The van der Waals surface area contributed by atoms with Gasteiger partial charge in [-0.25, -0.2) is 9.78 Å². The van der Waals surface area contributed by atoms with Gasteiger partial charge < -0.3 is 18.8 Å². The summed E-state index contributed by atoms with van der Waals surface area (Å²) in [5.41, 5.74) is -0.0313. The predicted octanol–water partition coefficient (Wildman–Crippen LogP) is 3.87. The Hall–Kier alpha value is -1.35. The molecule has 1 aromatic heterocycles. The molecule has 1 aromatic rings. The number of hydrogen-bond acceptors (Lipinski definition) is 6. The van der Waals surface area contributed by atoms with E-state index in [1.165, 1.54) is 0 Å². The second kappa shape index (κ2) is 7.61. The molecular weight excluding hydrogens is 419 g/mol. The van der Waals surface area contributed by atoms with Crippen molar-refractivity contribution in [1.82, 2.24) is 9.88 Å². The summed E-state index contributed by atoms with van der Waals surface area (Å²) in [6.45, 7) is 14.1. The third-order valence-electron chi connectivity index (χ3n) is 6.63. The van der Waals surface area contributed by atoms with Crippen LogP contribution in [0.2, 0.25) is 5.15 Å². The van der Waals surface area contributed by atoms with Gasteiger partial charge in [0.25, 0.3) is 0 Å². The first kappa shape index (κ1) is 22.8. The van der Waals surface area contributed by atoms with Crippen molar-refractivity contribution < 1.29 is 23.6 Å². The molecule has 31 heavy (non-hydrogen) atoms. The molecule has 4 heterocycles. The predicted molar refractivity (Wildman–Crippen MR) is 119 cm³/mol. The zero-order valence-electron chi connectivity index (χ0n) is 19.4. The van der Waals surface area contributed by atoms with Crippen LogP contribution in [0.1, 0.15) is 73.0 Å². The van der Waals surface area contributed by atoms with Crippen molar-refractivity contribution in [3.8, 4) is 0 Å². The van der Waals surface area contributed by atoms with Crippen molar-refractivity contribution >= 4 is 30.4 Å². The maximum atomic E-state index is 12.9. The fourth-order valence-corrected chi connectivity index (χ4v) is 4.63. The van der Waals surface area contributed by atoms with E-state index in [4.69, 9.17) is 30.4 Å². The van der Waals surface area contributed by atoms with Gasteiger partial charge in [0.05, 0.1) is 35.5 Å². The van der Waals surface area contributed by atoms with Crippen molar-refractivity contribution in [3.63, 3.8) is 0 Å². The van der Waals surface area contributed by atoms with Gasteiger partial charge in [0.1, 0.15) is 16.9 Å². The van der Waals surface area contributed by atoms with Gasteiger partial charge in [-0.15, -0.1) is 0 Å². The normalized spacial score (nSPS) is 29.4. The molecule has 0 N–H and O–H groups in total. The number of morpholine rings is 1. The van der Waals surface area contributed by atoms with Gasteiger partial charge in [0, 0.05) is 0 Å². The number of carbonyl (C=O) groups excluding carboxylic acids is 1. The van der Waals surface area contributed by atoms with Crippen LogP contribution in [0.4, 0.5) is 4.79 Å². The average molecular weight is 451 g/mol. The van der Waals surface area contributed by atoms with E-state index in [0.29, 0.717) is 17.4 Å². The molecule has 3 fully saturated rings. The first-order valence-corrected chi connectivity index (χ1v) is 11.3. The maximum Gasteiger partial charge on any atom is 0.514 e. The third-order valence-corrected chi connectivity index (χ3v) is 6.82. The van der Waals surface area contributed by atoms with Crippen LogP contribution in [0.3, 0.4) is 0 Å². The lowest BCUT2D eigenvalue weighted by molar-refractivity contribution is -0.0803. The van der Waals surface area contributed by atoms with Gasteiger partial charge in [0.15, 0.2) is 0 Å². The number of halogens is 1. The van der Waals surface area contributed by atoms with Crippen molar-refractivity contribution in [2.45, 2.75) is 96.3 Å². The summed E-state index contributed by atoms with van der Waals surface area (Å²) < 4.78 is 24.2. The summed E-state index contributed by atoms with van der Waals surface area (Å²) in [5, 5.41) is 0.342. The fraction of sp³-hybridized carbons (Fsp3) is 0.727. The van der Waals surface area contributed by atoms with E-state index in [1.807, 2.05) is 59.4 Å². The Balaban J connectivity index is 1.61. The lowest BCUT2D eigenvalue weighted by Gasteiger charge is -2.40. The van der Waals surface area contributed by atoms with Crippen molar-refractivity contribution in [1.29, 1.82) is 0 Å². The maximum absolute atomic E-state index is 12.9. The average Bonchev–Trinajstić information content (AvgIpc) is 3.03. The second-order valence-corrected chi connectivity index (χ2v) is 11.1. The molecular formula is C22H32BClN2O5. The first-order valence-electron chi connectivity index (χ1n) is 10.9. The van der Waals surface area contributed by atoms with Crippen LogP contribution in [0, 0.1) is 0 Å². The Morgan fingerprint density at radius 3 is 2.45 bits per heavy atom. The highest BCUT2D eigenvalue weighted by Gasteiger charge is 2.53. The van der Waals surface area contributed by atoms with E-state index >= 15 is 0 Å². The standard InChI is InChI=1S/C22H32BClN2O5/c1-20(2,3)29-19(27)26-14-8-9-15(26)18(28-12-14)13-10-16(25-17(24)11-13)23-30-21(4,5)22(6,7)31-23/h10-11,14-15,18H,8-9,12H2,1-7H3. The molecule has 0 radical (unpaired) electrons. The minimum absolute atomic E-state index is 0.0379. The monoisotopic (exact) mass is 450 g/mol. The Morgan fingerprint density at radius 1 is 1.19 bits per heavy atom. The minimum atomic E-state index is -0.621. The molecule has 3 aliphatic rings. The molecule has 0 saturated carbocycles. The number of fused-ring (bicyclic) bond motifs is 2. The molecule has 2 bridgehead atoms. The third kappa shape index (κ3) is 4.32. The van der Waals surface area contributed by atoms with Gasteiger partial charge >= 0.3 is 13.2 Å². The Bertz CT molecular complexity index is 856. The molecule has 3 unspecified atom stereocenters. The highest BCUT2D eigenvalue weighted by Crippen LogP contribution is 2.41. The summed E-state index contributed by atoms with van der Waals surface area (Å²) in [5.74, 6) is 0. The number of amides is 1.